The van der Waals surface area contributed by atoms with Crippen molar-refractivity contribution in [3.05, 3.63) is 122 Å². The Labute approximate surface area is 513 Å². The first-order valence-electron chi connectivity index (χ1n) is 35.0. The van der Waals surface area contributed by atoms with Crippen molar-refractivity contribution in [3.8, 4) is 0 Å². The lowest BCUT2D eigenvalue weighted by molar-refractivity contribution is -0.166. The fraction of sp³-hybridized carbons (Fsp3) is 0.701. The first-order chi connectivity index (χ1) is 41.0. The molecule has 0 spiro atoms. The van der Waals surface area contributed by atoms with E-state index in [1.807, 2.05) is 6.08 Å². The number of hydrogen-bond acceptors (Lipinski definition) is 6. The number of hydrogen-bond donors (Lipinski definition) is 0. The number of rotatable bonds is 63. The first-order valence-corrected chi connectivity index (χ1v) is 35.0. The van der Waals surface area contributed by atoms with Crippen molar-refractivity contribution < 1.29 is 28.6 Å². The smallest absolute Gasteiger partial charge is 0.306 e. The average molecular weight is 1150 g/mol. The van der Waals surface area contributed by atoms with Gasteiger partial charge < -0.3 is 14.2 Å². The van der Waals surface area contributed by atoms with Gasteiger partial charge in [0.05, 0.1) is 0 Å². The molecular weight excluding hydrogens is 1020 g/mol. The predicted octanol–water partition coefficient (Wildman–Crippen LogP) is 24.3. The molecule has 83 heavy (non-hydrogen) atoms. The summed E-state index contributed by atoms with van der Waals surface area (Å²) in [5, 5.41) is 0. The van der Waals surface area contributed by atoms with E-state index in [4.69, 9.17) is 14.2 Å². The summed E-state index contributed by atoms with van der Waals surface area (Å²) < 4.78 is 16.9. The van der Waals surface area contributed by atoms with Gasteiger partial charge in [0.2, 0.25) is 0 Å². The van der Waals surface area contributed by atoms with Gasteiger partial charge in [0.25, 0.3) is 0 Å². The van der Waals surface area contributed by atoms with Crippen molar-refractivity contribution in [2.75, 3.05) is 13.2 Å². The molecule has 0 heterocycles. The van der Waals surface area contributed by atoms with Crippen LogP contribution < -0.4 is 0 Å². The summed E-state index contributed by atoms with van der Waals surface area (Å²) >= 11 is 0. The van der Waals surface area contributed by atoms with E-state index in [1.165, 1.54) is 186 Å². The molecule has 1 atom stereocenters. The van der Waals surface area contributed by atoms with Gasteiger partial charge in [-0.2, -0.15) is 0 Å². The van der Waals surface area contributed by atoms with Gasteiger partial charge in [-0.3, -0.25) is 14.4 Å². The molecule has 1 unspecified atom stereocenters. The number of carbonyl (C=O) groups excluding carboxylic acids is 3. The van der Waals surface area contributed by atoms with E-state index in [0.717, 1.165) is 96.3 Å². The van der Waals surface area contributed by atoms with Crippen LogP contribution in [-0.4, -0.2) is 37.2 Å². The summed E-state index contributed by atoms with van der Waals surface area (Å²) in [4.78, 5) is 38.4. The Bertz CT molecular complexity index is 1700. The molecule has 0 radical (unpaired) electrons. The number of unbranched alkanes of at least 4 members (excludes halogenated alkanes) is 32. The van der Waals surface area contributed by atoms with Crippen molar-refractivity contribution in [2.24, 2.45) is 0 Å². The lowest BCUT2D eigenvalue weighted by Gasteiger charge is -2.18. The van der Waals surface area contributed by atoms with Gasteiger partial charge in [-0.25, -0.2) is 0 Å². The molecule has 0 aliphatic carbocycles. The lowest BCUT2D eigenvalue weighted by atomic mass is 10.0. The fourth-order valence-corrected chi connectivity index (χ4v) is 9.77. The molecule has 0 fully saturated rings. The number of carbonyl (C=O) groups is 3. The quantitative estimate of drug-likeness (QED) is 0.0261. The topological polar surface area (TPSA) is 78.9 Å². The largest absolute Gasteiger partial charge is 0.462 e. The minimum atomic E-state index is -0.812. The summed E-state index contributed by atoms with van der Waals surface area (Å²) in [6, 6.07) is 0. The molecule has 0 amide bonds. The van der Waals surface area contributed by atoms with E-state index >= 15 is 0 Å². The Morgan fingerprint density at radius 2 is 0.494 bits per heavy atom. The summed E-state index contributed by atoms with van der Waals surface area (Å²) in [6.07, 6.45) is 98.2. The van der Waals surface area contributed by atoms with E-state index < -0.39 is 6.10 Å². The van der Waals surface area contributed by atoms with Crippen LogP contribution in [0.1, 0.15) is 329 Å². The van der Waals surface area contributed by atoms with Gasteiger partial charge in [0, 0.05) is 19.3 Å². The van der Waals surface area contributed by atoms with Crippen LogP contribution in [0.5, 0.6) is 0 Å². The van der Waals surface area contributed by atoms with Crippen molar-refractivity contribution in [1.82, 2.24) is 0 Å². The van der Waals surface area contributed by atoms with Crippen molar-refractivity contribution in [2.45, 2.75) is 335 Å². The standard InChI is InChI=1S/C77H130O6/c1-4-7-10-13-16-19-22-25-27-29-31-33-34-35-36-37-38-39-40-41-42-44-45-47-49-52-55-58-61-64-67-70-76(79)82-73-74(72-81-75(78)69-66-63-60-57-54-51-24-21-18-15-12-9-6-3)83-77(80)71-68-65-62-59-56-53-50-48-46-43-32-30-28-26-23-20-17-14-11-8-5-2/h7,9-10,12,16,18-19,21,23,25-27,30-33,51,54,60,63,74H,4-6,8,11,13-15,17,20,22,24,28-29,34-50,52-53,55-59,61-62,64-73H2,1-3H3/b10-7-,12-9-,19-16-,21-18-,26-23-,27-25-,32-30-,33-31-,54-51-,63-60-. The third-order valence-corrected chi connectivity index (χ3v) is 14.9. The Hall–Kier alpha value is -4.19. The summed E-state index contributed by atoms with van der Waals surface area (Å²) in [5.41, 5.74) is 0. The highest BCUT2D eigenvalue weighted by Crippen LogP contribution is 2.17. The zero-order valence-electron chi connectivity index (χ0n) is 54.4. The molecule has 0 aromatic carbocycles. The van der Waals surface area contributed by atoms with Crippen LogP contribution >= 0.6 is 0 Å². The minimum Gasteiger partial charge on any atom is -0.462 e. The summed E-state index contributed by atoms with van der Waals surface area (Å²) in [5.74, 6) is -0.979. The van der Waals surface area contributed by atoms with Gasteiger partial charge >= 0.3 is 17.9 Å². The highest BCUT2D eigenvalue weighted by atomic mass is 16.6. The maximum atomic E-state index is 12.9. The zero-order valence-corrected chi connectivity index (χ0v) is 54.4. The van der Waals surface area contributed by atoms with Gasteiger partial charge in [-0.05, 0) is 116 Å². The second-order valence-electron chi connectivity index (χ2n) is 23.0. The SMILES string of the molecule is CC/C=C\C/C=C\C/C=C\C/C=C\CCCCCCCCCCCCCCCCCCCCC(=O)OCC(COC(=O)CC/C=C\C/C=C\C/C=C\C/C=C\CC)OC(=O)CCCCCCCCCCC/C=C\C/C=C\CCCCCCC. The molecule has 0 bridgehead atoms. The van der Waals surface area contributed by atoms with Gasteiger partial charge in [-0.15, -0.1) is 0 Å². The second-order valence-corrected chi connectivity index (χ2v) is 23.0. The third-order valence-electron chi connectivity index (χ3n) is 14.9. The van der Waals surface area contributed by atoms with Crippen molar-refractivity contribution in [1.29, 1.82) is 0 Å². The number of allylic oxidation sites excluding steroid dienone is 20. The molecular formula is C77H130O6. The first kappa shape index (κ1) is 78.8. The van der Waals surface area contributed by atoms with E-state index in [9.17, 15) is 14.4 Å². The summed E-state index contributed by atoms with van der Waals surface area (Å²) in [7, 11) is 0. The number of ether oxygens (including phenoxy) is 3. The monoisotopic (exact) mass is 1150 g/mol. The van der Waals surface area contributed by atoms with Crippen LogP contribution in [0.15, 0.2) is 122 Å². The molecule has 0 aliphatic heterocycles. The molecule has 0 rings (SSSR count). The van der Waals surface area contributed by atoms with Crippen molar-refractivity contribution >= 4 is 17.9 Å². The van der Waals surface area contributed by atoms with Gasteiger partial charge in [-0.1, -0.05) is 316 Å². The van der Waals surface area contributed by atoms with Crippen LogP contribution in [0.4, 0.5) is 0 Å². The van der Waals surface area contributed by atoms with Crippen molar-refractivity contribution in [3.63, 3.8) is 0 Å². The predicted molar refractivity (Wildman–Crippen MR) is 362 cm³/mol. The molecule has 0 aromatic rings. The highest BCUT2D eigenvalue weighted by molar-refractivity contribution is 5.71. The Morgan fingerprint density at radius 1 is 0.253 bits per heavy atom. The maximum absolute atomic E-state index is 12.9. The summed E-state index contributed by atoms with van der Waals surface area (Å²) in [6.45, 7) is 6.36. The van der Waals surface area contributed by atoms with E-state index in [1.54, 1.807) is 0 Å². The Balaban J connectivity index is 4.26. The van der Waals surface area contributed by atoms with Crippen LogP contribution in [0.3, 0.4) is 0 Å². The number of esters is 3. The average Bonchev–Trinajstić information content (AvgIpc) is 3.49. The van der Waals surface area contributed by atoms with E-state index in [2.05, 4.69) is 136 Å². The Kier molecular flexibility index (Phi) is 66.7. The maximum Gasteiger partial charge on any atom is 0.306 e. The van der Waals surface area contributed by atoms with Crippen LogP contribution in [0.2, 0.25) is 0 Å². The zero-order chi connectivity index (χ0) is 59.9. The van der Waals surface area contributed by atoms with Gasteiger partial charge in [0.1, 0.15) is 13.2 Å². The molecule has 0 N–H and O–H groups in total. The molecule has 0 aliphatic rings. The molecule has 0 aromatic heterocycles. The molecule has 0 saturated heterocycles. The molecule has 6 heteroatoms. The van der Waals surface area contributed by atoms with Crippen LogP contribution in [0.25, 0.3) is 0 Å². The second kappa shape index (κ2) is 70.3. The van der Waals surface area contributed by atoms with Crippen LogP contribution in [0, 0.1) is 0 Å². The molecule has 474 valence electrons. The Morgan fingerprint density at radius 3 is 0.807 bits per heavy atom. The fourth-order valence-electron chi connectivity index (χ4n) is 9.77. The normalized spacial score (nSPS) is 12.9. The molecule has 6 nitrogen and oxygen atoms in total. The van der Waals surface area contributed by atoms with Crippen LogP contribution in [-0.2, 0) is 28.6 Å². The van der Waals surface area contributed by atoms with E-state index in [0.29, 0.717) is 19.3 Å². The third kappa shape index (κ3) is 68.5. The van der Waals surface area contributed by atoms with Gasteiger partial charge in [0.15, 0.2) is 6.10 Å². The lowest BCUT2D eigenvalue weighted by Crippen LogP contribution is -2.30. The minimum absolute atomic E-state index is 0.101. The highest BCUT2D eigenvalue weighted by Gasteiger charge is 2.19. The van der Waals surface area contributed by atoms with E-state index in [-0.39, 0.29) is 37.5 Å². The molecule has 0 saturated carbocycles.